The number of anilines is 2. The molecule has 1 atom stereocenters. The van der Waals surface area contributed by atoms with Crippen LogP contribution >= 0.6 is 23.3 Å². The van der Waals surface area contributed by atoms with Crippen LogP contribution in [-0.4, -0.2) is 47.8 Å². The number of aromatic nitrogens is 1. The molecule has 2 rings (SSSR count). The van der Waals surface area contributed by atoms with E-state index in [4.69, 9.17) is 5.73 Å². The predicted octanol–water partition coefficient (Wildman–Crippen LogP) is 2.37. The van der Waals surface area contributed by atoms with Gasteiger partial charge >= 0.3 is 0 Å². The molecule has 0 aromatic carbocycles. The molecule has 1 aromatic heterocycles. The molecule has 1 aliphatic heterocycles. The molecule has 1 unspecified atom stereocenters. The molecule has 1 saturated heterocycles. The smallest absolute Gasteiger partial charge is 0.153 e. The van der Waals surface area contributed by atoms with E-state index in [2.05, 4.69) is 34.3 Å². The van der Waals surface area contributed by atoms with Crippen molar-refractivity contribution in [2.75, 3.05) is 43.1 Å². The summed E-state index contributed by atoms with van der Waals surface area (Å²) in [7, 11) is 0. The zero-order chi connectivity index (χ0) is 13.1. The van der Waals surface area contributed by atoms with Crippen LogP contribution in [0.3, 0.4) is 0 Å². The molecule has 1 fully saturated rings. The van der Waals surface area contributed by atoms with Crippen molar-refractivity contribution in [1.82, 2.24) is 9.27 Å². The minimum atomic E-state index is 0.687. The Morgan fingerprint density at radius 1 is 1.39 bits per heavy atom. The summed E-state index contributed by atoms with van der Waals surface area (Å²) < 4.78 is 4.28. The summed E-state index contributed by atoms with van der Waals surface area (Å²) in [5, 5.41) is 1.25. The second-order valence-corrected chi connectivity index (χ2v) is 6.25. The first-order chi connectivity index (χ1) is 8.67. The summed E-state index contributed by atoms with van der Waals surface area (Å²) in [6.45, 7) is 9.01. The third-order valence-electron chi connectivity index (χ3n) is 3.68. The van der Waals surface area contributed by atoms with E-state index in [0.717, 1.165) is 31.1 Å². The van der Waals surface area contributed by atoms with E-state index in [0.29, 0.717) is 11.9 Å². The van der Waals surface area contributed by atoms with Crippen molar-refractivity contribution in [2.24, 2.45) is 0 Å². The van der Waals surface area contributed by atoms with Crippen molar-refractivity contribution in [3.8, 4) is 0 Å². The third-order valence-corrected chi connectivity index (χ3v) is 5.54. The van der Waals surface area contributed by atoms with Gasteiger partial charge in [0, 0.05) is 32.2 Å². The fourth-order valence-corrected chi connectivity index (χ4v) is 4.04. The molecule has 102 valence electrons. The first-order valence-electron chi connectivity index (χ1n) is 6.45. The molecule has 0 radical (unpaired) electrons. The standard InChI is InChI=1S/C12H22N4S2/c1-4-9(2)15-5-7-16(8-6-15)12-10(17-3)11(13)14-18-12/h9H,4-8H2,1-3H3,(H2,13,14). The summed E-state index contributed by atoms with van der Waals surface area (Å²) in [6, 6.07) is 0.693. The van der Waals surface area contributed by atoms with E-state index in [1.54, 1.807) is 11.8 Å². The van der Waals surface area contributed by atoms with Gasteiger partial charge in [-0.1, -0.05) is 6.92 Å². The van der Waals surface area contributed by atoms with Crippen molar-refractivity contribution >= 4 is 34.1 Å². The van der Waals surface area contributed by atoms with Gasteiger partial charge < -0.3 is 10.6 Å². The molecule has 0 aliphatic carbocycles. The van der Waals surface area contributed by atoms with Gasteiger partial charge in [-0.05, 0) is 31.1 Å². The number of piperazine rings is 1. The van der Waals surface area contributed by atoms with Gasteiger partial charge in [0.25, 0.3) is 0 Å². The Balaban J connectivity index is 2.01. The van der Waals surface area contributed by atoms with Crippen molar-refractivity contribution in [3.05, 3.63) is 0 Å². The topological polar surface area (TPSA) is 45.4 Å². The number of rotatable bonds is 4. The summed E-state index contributed by atoms with van der Waals surface area (Å²) in [5.74, 6) is 0.687. The molecule has 0 amide bonds. The predicted molar refractivity (Wildman–Crippen MR) is 81.8 cm³/mol. The maximum absolute atomic E-state index is 5.90. The van der Waals surface area contributed by atoms with Crippen molar-refractivity contribution < 1.29 is 0 Å². The van der Waals surface area contributed by atoms with Crippen LogP contribution in [-0.2, 0) is 0 Å². The molecule has 0 saturated carbocycles. The largest absolute Gasteiger partial charge is 0.382 e. The number of nitrogen functional groups attached to an aromatic ring is 1. The van der Waals surface area contributed by atoms with Crippen LogP contribution in [0.1, 0.15) is 20.3 Å². The van der Waals surface area contributed by atoms with Crippen molar-refractivity contribution in [1.29, 1.82) is 0 Å². The maximum Gasteiger partial charge on any atom is 0.153 e. The number of nitrogens with zero attached hydrogens (tertiary/aromatic N) is 3. The Bertz CT molecular complexity index is 385. The highest BCUT2D eigenvalue weighted by Gasteiger charge is 2.24. The highest BCUT2D eigenvalue weighted by molar-refractivity contribution is 7.99. The quantitative estimate of drug-likeness (QED) is 0.861. The van der Waals surface area contributed by atoms with Gasteiger partial charge in [0.05, 0.1) is 4.90 Å². The number of hydrogen-bond acceptors (Lipinski definition) is 6. The van der Waals surface area contributed by atoms with Gasteiger partial charge in [0.1, 0.15) is 5.00 Å². The molecular formula is C12H22N4S2. The number of hydrogen-bond donors (Lipinski definition) is 1. The molecule has 0 bridgehead atoms. The van der Waals surface area contributed by atoms with E-state index in [9.17, 15) is 0 Å². The lowest BCUT2D eigenvalue weighted by Gasteiger charge is -2.38. The minimum Gasteiger partial charge on any atom is -0.382 e. The molecular weight excluding hydrogens is 264 g/mol. The first-order valence-corrected chi connectivity index (χ1v) is 8.45. The normalized spacial score (nSPS) is 19.2. The van der Waals surface area contributed by atoms with Crippen LogP contribution in [0.4, 0.5) is 10.8 Å². The van der Waals surface area contributed by atoms with E-state index in [-0.39, 0.29) is 0 Å². The average Bonchev–Trinajstić information content (AvgIpc) is 2.79. The molecule has 2 N–H and O–H groups in total. The monoisotopic (exact) mass is 286 g/mol. The molecule has 18 heavy (non-hydrogen) atoms. The SMILES string of the molecule is CCC(C)N1CCN(c2snc(N)c2SC)CC1. The molecule has 4 nitrogen and oxygen atoms in total. The summed E-state index contributed by atoms with van der Waals surface area (Å²) in [5.41, 5.74) is 5.90. The van der Waals surface area contributed by atoms with Crippen LogP contribution in [0, 0.1) is 0 Å². The Hall–Kier alpha value is -0.460. The fourth-order valence-electron chi connectivity index (χ4n) is 2.30. The zero-order valence-electron chi connectivity index (χ0n) is 11.3. The Morgan fingerprint density at radius 3 is 2.61 bits per heavy atom. The van der Waals surface area contributed by atoms with Crippen LogP contribution in [0.2, 0.25) is 0 Å². The zero-order valence-corrected chi connectivity index (χ0v) is 13.0. The number of nitrogens with two attached hydrogens (primary N) is 1. The highest BCUT2D eigenvalue weighted by Crippen LogP contribution is 2.37. The van der Waals surface area contributed by atoms with Crippen LogP contribution in [0.25, 0.3) is 0 Å². The molecule has 1 aromatic rings. The van der Waals surface area contributed by atoms with Gasteiger partial charge in [-0.2, -0.15) is 4.37 Å². The lowest BCUT2D eigenvalue weighted by Crippen LogP contribution is -2.49. The van der Waals surface area contributed by atoms with Gasteiger partial charge in [0.2, 0.25) is 0 Å². The maximum atomic E-state index is 5.90. The molecule has 6 heteroatoms. The van der Waals surface area contributed by atoms with Crippen LogP contribution in [0.15, 0.2) is 4.90 Å². The third kappa shape index (κ3) is 2.75. The second-order valence-electron chi connectivity index (χ2n) is 4.69. The average molecular weight is 286 g/mol. The van der Waals surface area contributed by atoms with Gasteiger partial charge in [-0.25, -0.2) is 0 Å². The van der Waals surface area contributed by atoms with Crippen molar-refractivity contribution in [3.63, 3.8) is 0 Å². The van der Waals surface area contributed by atoms with Crippen LogP contribution < -0.4 is 10.6 Å². The Morgan fingerprint density at radius 2 is 2.06 bits per heavy atom. The Labute approximate surface area is 118 Å². The van der Waals surface area contributed by atoms with Gasteiger partial charge in [-0.15, -0.1) is 11.8 Å². The van der Waals surface area contributed by atoms with Gasteiger partial charge in [0.15, 0.2) is 5.82 Å². The lowest BCUT2D eigenvalue weighted by molar-refractivity contribution is 0.193. The minimum absolute atomic E-state index is 0.687. The number of thioether (sulfide) groups is 1. The van der Waals surface area contributed by atoms with Crippen molar-refractivity contribution in [2.45, 2.75) is 31.2 Å². The van der Waals surface area contributed by atoms with Gasteiger partial charge in [-0.3, -0.25) is 4.90 Å². The van der Waals surface area contributed by atoms with Crippen LogP contribution in [0.5, 0.6) is 0 Å². The fraction of sp³-hybridized carbons (Fsp3) is 0.750. The van der Waals surface area contributed by atoms with E-state index in [1.807, 2.05) is 0 Å². The van der Waals surface area contributed by atoms with E-state index < -0.39 is 0 Å². The summed E-state index contributed by atoms with van der Waals surface area (Å²) >= 11 is 3.24. The molecule has 2 heterocycles. The summed E-state index contributed by atoms with van der Waals surface area (Å²) in [6.07, 6.45) is 3.29. The first kappa shape index (κ1) is 14.0. The lowest BCUT2D eigenvalue weighted by atomic mass is 10.2. The second kappa shape index (κ2) is 6.12. The molecule has 0 spiro atoms. The highest BCUT2D eigenvalue weighted by atomic mass is 32.2. The summed E-state index contributed by atoms with van der Waals surface area (Å²) in [4.78, 5) is 6.15. The van der Waals surface area contributed by atoms with E-state index in [1.165, 1.54) is 23.0 Å². The van der Waals surface area contributed by atoms with E-state index >= 15 is 0 Å². The molecule has 1 aliphatic rings. The Kier molecular flexibility index (Phi) is 4.75.